The first-order valence-electron chi connectivity index (χ1n) is 4.33. The summed E-state index contributed by atoms with van der Waals surface area (Å²) in [5.41, 5.74) is 0.614. The van der Waals surface area contributed by atoms with Crippen molar-refractivity contribution in [2.45, 2.75) is 10.1 Å². The van der Waals surface area contributed by atoms with Crippen molar-refractivity contribution in [1.29, 1.82) is 5.26 Å². The Labute approximate surface area is 91.8 Å². The Balaban J connectivity index is 2.22. The van der Waals surface area contributed by atoms with Crippen LogP contribution in [0.25, 0.3) is 0 Å². The van der Waals surface area contributed by atoms with E-state index >= 15 is 0 Å². The second-order valence-corrected chi connectivity index (χ2v) is 3.81. The van der Waals surface area contributed by atoms with E-state index in [4.69, 9.17) is 5.26 Å². The van der Waals surface area contributed by atoms with Crippen LogP contribution in [0.4, 0.5) is 0 Å². The van der Waals surface area contributed by atoms with Gasteiger partial charge in [-0.2, -0.15) is 5.26 Å². The lowest BCUT2D eigenvalue weighted by molar-refractivity contribution is 1.09. The van der Waals surface area contributed by atoms with Crippen molar-refractivity contribution in [3.63, 3.8) is 0 Å². The van der Waals surface area contributed by atoms with Gasteiger partial charge in [0.15, 0.2) is 0 Å². The lowest BCUT2D eigenvalue weighted by atomic mass is 10.3. The van der Waals surface area contributed by atoms with Gasteiger partial charge in [-0.3, -0.25) is 0 Å². The zero-order chi connectivity index (χ0) is 10.5. The Morgan fingerprint density at radius 2 is 1.93 bits per heavy atom. The maximum absolute atomic E-state index is 8.73. The van der Waals surface area contributed by atoms with Gasteiger partial charge in [-0.25, -0.2) is 9.97 Å². The van der Waals surface area contributed by atoms with Crippen LogP contribution in [0.1, 0.15) is 5.56 Å². The number of hydrogen-bond acceptors (Lipinski definition) is 4. The topological polar surface area (TPSA) is 49.6 Å². The summed E-state index contributed by atoms with van der Waals surface area (Å²) >= 11 is 1.44. The molecular weight excluding hydrogens is 206 g/mol. The van der Waals surface area contributed by atoms with E-state index < -0.39 is 0 Å². The zero-order valence-corrected chi connectivity index (χ0v) is 8.61. The first-order valence-corrected chi connectivity index (χ1v) is 5.15. The van der Waals surface area contributed by atoms with Crippen LogP contribution in [0, 0.1) is 11.3 Å². The molecular formula is C11H7N3S. The molecule has 2 heterocycles. The van der Waals surface area contributed by atoms with Crippen LogP contribution in [0.3, 0.4) is 0 Å². The lowest BCUT2D eigenvalue weighted by Crippen LogP contribution is -1.83. The minimum Gasteiger partial charge on any atom is -0.250 e. The molecule has 0 N–H and O–H groups in total. The Bertz CT molecular complexity index is 491. The highest BCUT2D eigenvalue weighted by molar-refractivity contribution is 7.99. The highest BCUT2D eigenvalue weighted by Crippen LogP contribution is 2.23. The second-order valence-electron chi connectivity index (χ2n) is 2.76. The Hall–Kier alpha value is -1.86. The third kappa shape index (κ3) is 2.55. The first-order chi connectivity index (χ1) is 7.38. The third-order valence-electron chi connectivity index (χ3n) is 1.71. The summed E-state index contributed by atoms with van der Waals surface area (Å²) < 4.78 is 0. The largest absolute Gasteiger partial charge is 0.250 e. The molecule has 0 fully saturated rings. The van der Waals surface area contributed by atoms with Crippen LogP contribution in [0.2, 0.25) is 0 Å². The Kier molecular flexibility index (Phi) is 2.96. The summed E-state index contributed by atoms with van der Waals surface area (Å²) in [6, 6.07) is 11.2. The summed E-state index contributed by atoms with van der Waals surface area (Å²) in [5.74, 6) is 0. The molecule has 0 saturated heterocycles. The number of hydrogen-bond donors (Lipinski definition) is 0. The van der Waals surface area contributed by atoms with E-state index in [1.165, 1.54) is 11.8 Å². The predicted octanol–water partition coefficient (Wildman–Crippen LogP) is 2.50. The average molecular weight is 213 g/mol. The maximum Gasteiger partial charge on any atom is 0.103 e. The SMILES string of the molecule is N#Cc1ccnc(Sc2ccccn2)c1. The molecule has 3 nitrogen and oxygen atoms in total. The monoisotopic (exact) mass is 213 g/mol. The van der Waals surface area contributed by atoms with Gasteiger partial charge in [0.25, 0.3) is 0 Å². The van der Waals surface area contributed by atoms with Crippen LogP contribution in [-0.2, 0) is 0 Å². The lowest BCUT2D eigenvalue weighted by Gasteiger charge is -1.98. The molecule has 0 aliphatic rings. The predicted molar refractivity (Wildman–Crippen MR) is 57.3 cm³/mol. The summed E-state index contributed by atoms with van der Waals surface area (Å²) in [6.45, 7) is 0. The molecule has 0 atom stereocenters. The smallest absolute Gasteiger partial charge is 0.103 e. The molecule has 0 aliphatic carbocycles. The molecule has 0 aromatic carbocycles. The van der Waals surface area contributed by atoms with Crippen molar-refractivity contribution in [2.24, 2.45) is 0 Å². The minimum atomic E-state index is 0.614. The van der Waals surface area contributed by atoms with Gasteiger partial charge in [-0.15, -0.1) is 0 Å². The number of pyridine rings is 2. The molecule has 0 radical (unpaired) electrons. The van der Waals surface area contributed by atoms with Gasteiger partial charge in [0.05, 0.1) is 11.6 Å². The minimum absolute atomic E-state index is 0.614. The standard InChI is InChI=1S/C11H7N3S/c12-8-9-4-6-14-11(7-9)15-10-3-1-2-5-13-10/h1-7H. The maximum atomic E-state index is 8.73. The van der Waals surface area contributed by atoms with Crippen molar-refractivity contribution in [3.8, 4) is 6.07 Å². The molecule has 72 valence electrons. The van der Waals surface area contributed by atoms with Crippen LogP contribution < -0.4 is 0 Å². The van der Waals surface area contributed by atoms with Crippen LogP contribution in [-0.4, -0.2) is 9.97 Å². The summed E-state index contributed by atoms with van der Waals surface area (Å²) in [4.78, 5) is 8.32. The molecule has 0 spiro atoms. The van der Waals surface area contributed by atoms with Gasteiger partial charge in [0, 0.05) is 12.4 Å². The molecule has 2 aromatic heterocycles. The number of nitrogens with zero attached hydrogens (tertiary/aromatic N) is 3. The van der Waals surface area contributed by atoms with E-state index in [0.29, 0.717) is 5.56 Å². The van der Waals surface area contributed by atoms with E-state index in [2.05, 4.69) is 16.0 Å². The van der Waals surface area contributed by atoms with Gasteiger partial charge in [-0.1, -0.05) is 17.8 Å². The van der Waals surface area contributed by atoms with Crippen molar-refractivity contribution in [2.75, 3.05) is 0 Å². The zero-order valence-electron chi connectivity index (χ0n) is 7.79. The van der Waals surface area contributed by atoms with Gasteiger partial charge in [0.2, 0.25) is 0 Å². The van der Waals surface area contributed by atoms with Gasteiger partial charge in [0.1, 0.15) is 10.1 Å². The van der Waals surface area contributed by atoms with Gasteiger partial charge < -0.3 is 0 Å². The third-order valence-corrected chi connectivity index (χ3v) is 2.59. The molecule has 15 heavy (non-hydrogen) atoms. The quantitative estimate of drug-likeness (QED) is 0.769. The summed E-state index contributed by atoms with van der Waals surface area (Å²) in [7, 11) is 0. The highest BCUT2D eigenvalue weighted by atomic mass is 32.2. The number of rotatable bonds is 2. The van der Waals surface area contributed by atoms with Crippen LogP contribution >= 0.6 is 11.8 Å². The molecule has 0 unspecified atom stereocenters. The van der Waals surface area contributed by atoms with E-state index in [9.17, 15) is 0 Å². The molecule has 0 aliphatic heterocycles. The van der Waals surface area contributed by atoms with Gasteiger partial charge in [-0.05, 0) is 24.3 Å². The fraction of sp³-hybridized carbons (Fsp3) is 0. The number of aromatic nitrogens is 2. The molecule has 2 aromatic rings. The summed E-state index contributed by atoms with van der Waals surface area (Å²) in [5, 5.41) is 10.4. The van der Waals surface area contributed by atoms with E-state index in [-0.39, 0.29) is 0 Å². The van der Waals surface area contributed by atoms with Crippen molar-refractivity contribution in [3.05, 3.63) is 48.3 Å². The Morgan fingerprint density at radius 3 is 2.67 bits per heavy atom. The Morgan fingerprint density at radius 1 is 1.07 bits per heavy atom. The molecule has 4 heteroatoms. The van der Waals surface area contributed by atoms with E-state index in [0.717, 1.165) is 10.1 Å². The first kappa shape index (κ1) is 9.69. The average Bonchev–Trinajstić information content (AvgIpc) is 2.31. The van der Waals surface area contributed by atoms with Crippen molar-refractivity contribution >= 4 is 11.8 Å². The van der Waals surface area contributed by atoms with E-state index in [1.807, 2.05) is 18.2 Å². The number of nitriles is 1. The molecule has 0 bridgehead atoms. The van der Waals surface area contributed by atoms with Crippen LogP contribution in [0.5, 0.6) is 0 Å². The molecule has 2 rings (SSSR count). The molecule has 0 amide bonds. The van der Waals surface area contributed by atoms with Crippen molar-refractivity contribution in [1.82, 2.24) is 9.97 Å². The van der Waals surface area contributed by atoms with E-state index in [1.54, 1.807) is 24.5 Å². The molecule has 0 saturated carbocycles. The normalized spacial score (nSPS) is 9.53. The fourth-order valence-electron chi connectivity index (χ4n) is 1.05. The highest BCUT2D eigenvalue weighted by Gasteiger charge is 2.00. The van der Waals surface area contributed by atoms with Gasteiger partial charge >= 0.3 is 0 Å². The summed E-state index contributed by atoms with van der Waals surface area (Å²) in [6.07, 6.45) is 3.36. The fourth-order valence-corrected chi connectivity index (χ4v) is 1.82. The second kappa shape index (κ2) is 4.58. The van der Waals surface area contributed by atoms with Crippen LogP contribution in [0.15, 0.2) is 52.8 Å². The van der Waals surface area contributed by atoms with Crippen molar-refractivity contribution < 1.29 is 0 Å².